The maximum atomic E-state index is 12.8. The van der Waals surface area contributed by atoms with Gasteiger partial charge in [0.05, 0.1) is 5.69 Å². The molecule has 3 heterocycles. The number of anilines is 1. The molecule has 134 valence electrons. The number of thiazole rings is 1. The molecule has 4 aromatic rings. The first kappa shape index (κ1) is 16.1. The molecule has 0 fully saturated rings. The number of hydrogen-bond acceptors (Lipinski definition) is 5. The second-order valence-electron chi connectivity index (χ2n) is 6.61. The van der Waals surface area contributed by atoms with Gasteiger partial charge in [-0.3, -0.25) is 9.20 Å². The quantitative estimate of drug-likeness (QED) is 0.588. The third-order valence-corrected chi connectivity index (χ3v) is 5.62. The molecule has 0 bridgehead atoms. The number of imidazole rings is 1. The molecular formula is C20H17N5OS. The first-order valence-corrected chi connectivity index (χ1v) is 9.82. The van der Waals surface area contributed by atoms with Gasteiger partial charge >= 0.3 is 0 Å². The van der Waals surface area contributed by atoms with Crippen LogP contribution in [0.15, 0.2) is 48.4 Å². The molecule has 27 heavy (non-hydrogen) atoms. The molecule has 0 atom stereocenters. The standard InChI is InChI=1S/C20H17N5OS/c26-19(18-15-6-1-2-7-16(15)21-12-22-18)23-14-5-3-4-13(10-14)17-11-25-8-9-27-20(25)24-17/h3-5,8-12H,1-2,6-7H2,(H,23,26). The summed E-state index contributed by atoms with van der Waals surface area (Å²) in [6.45, 7) is 0. The smallest absolute Gasteiger partial charge is 0.274 e. The summed E-state index contributed by atoms with van der Waals surface area (Å²) in [6.07, 6.45) is 9.46. The summed E-state index contributed by atoms with van der Waals surface area (Å²) in [6, 6.07) is 7.74. The zero-order valence-electron chi connectivity index (χ0n) is 14.6. The van der Waals surface area contributed by atoms with Gasteiger partial charge in [-0.1, -0.05) is 12.1 Å². The van der Waals surface area contributed by atoms with Crippen LogP contribution in [0, 0.1) is 0 Å². The Morgan fingerprint density at radius 2 is 2.11 bits per heavy atom. The fourth-order valence-electron chi connectivity index (χ4n) is 3.53. The Morgan fingerprint density at radius 1 is 1.19 bits per heavy atom. The number of carbonyl (C=O) groups is 1. The number of nitrogens with zero attached hydrogens (tertiary/aromatic N) is 4. The summed E-state index contributed by atoms with van der Waals surface area (Å²) < 4.78 is 2.00. The van der Waals surface area contributed by atoms with Crippen LogP contribution in [-0.2, 0) is 12.8 Å². The van der Waals surface area contributed by atoms with Gasteiger partial charge in [0.15, 0.2) is 4.96 Å². The van der Waals surface area contributed by atoms with Gasteiger partial charge in [0.25, 0.3) is 5.91 Å². The first-order chi connectivity index (χ1) is 13.3. The van der Waals surface area contributed by atoms with Crippen molar-refractivity contribution >= 4 is 27.9 Å². The van der Waals surface area contributed by atoms with E-state index >= 15 is 0 Å². The Hall–Kier alpha value is -3.06. The third kappa shape index (κ3) is 3.00. The van der Waals surface area contributed by atoms with Crippen LogP contribution in [0.25, 0.3) is 16.2 Å². The van der Waals surface area contributed by atoms with E-state index in [-0.39, 0.29) is 5.91 Å². The van der Waals surface area contributed by atoms with E-state index < -0.39 is 0 Å². The molecular weight excluding hydrogens is 358 g/mol. The van der Waals surface area contributed by atoms with Gasteiger partial charge < -0.3 is 5.32 Å². The molecule has 1 aromatic carbocycles. The van der Waals surface area contributed by atoms with E-state index in [2.05, 4.69) is 20.3 Å². The average Bonchev–Trinajstić information content (AvgIpc) is 3.30. The number of rotatable bonds is 3. The van der Waals surface area contributed by atoms with Crippen LogP contribution in [0.2, 0.25) is 0 Å². The summed E-state index contributed by atoms with van der Waals surface area (Å²) in [7, 11) is 0. The SMILES string of the molecule is O=C(Nc1cccc(-c2cn3ccsc3n2)c1)c1ncnc2c1CCCC2. The normalized spacial score (nSPS) is 13.5. The van der Waals surface area contributed by atoms with Crippen molar-refractivity contribution in [1.29, 1.82) is 0 Å². The second kappa shape index (κ2) is 6.59. The molecule has 0 saturated carbocycles. The van der Waals surface area contributed by atoms with E-state index in [0.29, 0.717) is 5.69 Å². The summed E-state index contributed by atoms with van der Waals surface area (Å²) in [4.78, 5) is 27.0. The molecule has 5 rings (SSSR count). The molecule has 0 unspecified atom stereocenters. The van der Waals surface area contributed by atoms with Crippen molar-refractivity contribution < 1.29 is 4.79 Å². The lowest BCUT2D eigenvalue weighted by Crippen LogP contribution is -2.20. The monoisotopic (exact) mass is 375 g/mol. The number of hydrogen-bond donors (Lipinski definition) is 1. The number of nitrogens with one attached hydrogen (secondary N) is 1. The molecule has 1 aliphatic rings. The van der Waals surface area contributed by atoms with Gasteiger partial charge in [0.2, 0.25) is 0 Å². The largest absolute Gasteiger partial charge is 0.321 e. The lowest BCUT2D eigenvalue weighted by atomic mass is 9.94. The number of carbonyl (C=O) groups excluding carboxylic acids is 1. The highest BCUT2D eigenvalue weighted by Crippen LogP contribution is 2.25. The minimum Gasteiger partial charge on any atom is -0.321 e. The Kier molecular flexibility index (Phi) is 3.94. The molecule has 0 saturated heterocycles. The molecule has 6 nitrogen and oxygen atoms in total. The summed E-state index contributed by atoms with van der Waals surface area (Å²) in [5.74, 6) is -0.182. The maximum absolute atomic E-state index is 12.8. The first-order valence-electron chi connectivity index (χ1n) is 8.95. The van der Waals surface area contributed by atoms with Crippen LogP contribution < -0.4 is 5.32 Å². The van der Waals surface area contributed by atoms with Gasteiger partial charge in [-0.15, -0.1) is 11.3 Å². The highest BCUT2D eigenvalue weighted by Gasteiger charge is 2.20. The highest BCUT2D eigenvalue weighted by molar-refractivity contribution is 7.15. The molecule has 7 heteroatoms. The number of aryl methyl sites for hydroxylation is 1. The highest BCUT2D eigenvalue weighted by atomic mass is 32.1. The van der Waals surface area contributed by atoms with Crippen LogP contribution in [0.4, 0.5) is 5.69 Å². The third-order valence-electron chi connectivity index (χ3n) is 4.85. The predicted molar refractivity (Wildman–Crippen MR) is 105 cm³/mol. The fraction of sp³-hybridized carbons (Fsp3) is 0.200. The molecule has 3 aromatic heterocycles. The minimum atomic E-state index is -0.182. The van der Waals surface area contributed by atoms with Crippen LogP contribution >= 0.6 is 11.3 Å². The van der Waals surface area contributed by atoms with Crippen LogP contribution in [0.3, 0.4) is 0 Å². The van der Waals surface area contributed by atoms with E-state index in [4.69, 9.17) is 0 Å². The van der Waals surface area contributed by atoms with E-state index in [1.807, 2.05) is 46.4 Å². The molecule has 1 amide bonds. The van der Waals surface area contributed by atoms with Crippen molar-refractivity contribution in [1.82, 2.24) is 19.4 Å². The average molecular weight is 375 g/mol. The molecule has 0 spiro atoms. The zero-order valence-corrected chi connectivity index (χ0v) is 15.4. The fourth-order valence-corrected chi connectivity index (χ4v) is 4.23. The van der Waals surface area contributed by atoms with Crippen molar-refractivity contribution in [3.8, 4) is 11.3 Å². The van der Waals surface area contributed by atoms with Crippen LogP contribution in [-0.4, -0.2) is 25.3 Å². The van der Waals surface area contributed by atoms with Crippen LogP contribution in [0.1, 0.15) is 34.6 Å². The van der Waals surface area contributed by atoms with E-state index in [0.717, 1.165) is 58.8 Å². The Morgan fingerprint density at radius 3 is 3.04 bits per heavy atom. The topological polar surface area (TPSA) is 72.2 Å². The maximum Gasteiger partial charge on any atom is 0.274 e. The summed E-state index contributed by atoms with van der Waals surface area (Å²) in [5, 5.41) is 4.99. The van der Waals surface area contributed by atoms with E-state index in [9.17, 15) is 4.79 Å². The number of amides is 1. The van der Waals surface area contributed by atoms with Crippen molar-refractivity contribution in [3.05, 3.63) is 65.3 Å². The van der Waals surface area contributed by atoms with Crippen molar-refractivity contribution in [2.75, 3.05) is 5.32 Å². The molecule has 0 radical (unpaired) electrons. The van der Waals surface area contributed by atoms with Gasteiger partial charge in [0.1, 0.15) is 12.0 Å². The van der Waals surface area contributed by atoms with Gasteiger partial charge in [-0.05, 0) is 37.8 Å². The van der Waals surface area contributed by atoms with Gasteiger partial charge in [0, 0.05) is 40.3 Å². The summed E-state index contributed by atoms with van der Waals surface area (Å²) in [5.41, 5.74) is 5.08. The van der Waals surface area contributed by atoms with Crippen molar-refractivity contribution in [3.63, 3.8) is 0 Å². The van der Waals surface area contributed by atoms with Crippen LogP contribution in [0.5, 0.6) is 0 Å². The van der Waals surface area contributed by atoms with E-state index in [1.165, 1.54) is 6.33 Å². The Bertz CT molecular complexity index is 1120. The Labute approximate surface area is 159 Å². The second-order valence-corrected chi connectivity index (χ2v) is 7.48. The number of aromatic nitrogens is 4. The lowest BCUT2D eigenvalue weighted by Gasteiger charge is -2.17. The van der Waals surface area contributed by atoms with Gasteiger partial charge in [-0.2, -0.15) is 0 Å². The molecule has 1 N–H and O–H groups in total. The predicted octanol–water partition coefficient (Wildman–Crippen LogP) is 3.98. The lowest BCUT2D eigenvalue weighted by molar-refractivity contribution is 0.102. The Balaban J connectivity index is 1.43. The molecule has 0 aliphatic heterocycles. The zero-order chi connectivity index (χ0) is 18.2. The number of fused-ring (bicyclic) bond motifs is 2. The van der Waals surface area contributed by atoms with E-state index in [1.54, 1.807) is 11.3 Å². The number of benzene rings is 1. The summed E-state index contributed by atoms with van der Waals surface area (Å²) >= 11 is 1.60. The minimum absolute atomic E-state index is 0.182. The van der Waals surface area contributed by atoms with Crippen molar-refractivity contribution in [2.24, 2.45) is 0 Å². The van der Waals surface area contributed by atoms with Crippen molar-refractivity contribution in [2.45, 2.75) is 25.7 Å². The van der Waals surface area contributed by atoms with Gasteiger partial charge in [-0.25, -0.2) is 15.0 Å². The molecule has 1 aliphatic carbocycles.